The number of aryl methyl sites for hydroxylation is 2. The molecule has 2 aromatic heterocycles. The number of nitrogens with one attached hydrogen (secondary N) is 1. The average molecular weight is 410 g/mol. The molecule has 0 fully saturated rings. The van der Waals surface area contributed by atoms with Crippen molar-refractivity contribution in [3.05, 3.63) is 75.8 Å². The van der Waals surface area contributed by atoms with E-state index in [1.54, 1.807) is 0 Å². The highest BCUT2D eigenvalue weighted by atomic mass is 19.1. The molecule has 0 atom stereocenters. The Kier molecular flexibility index (Phi) is 4.82. The van der Waals surface area contributed by atoms with Gasteiger partial charge in [-0.3, -0.25) is 14.2 Å². The Morgan fingerprint density at radius 3 is 2.53 bits per heavy atom. The van der Waals surface area contributed by atoms with Crippen molar-refractivity contribution in [3.8, 4) is 5.69 Å². The lowest BCUT2D eigenvalue weighted by atomic mass is 10.1. The van der Waals surface area contributed by atoms with Crippen molar-refractivity contribution in [3.63, 3.8) is 0 Å². The van der Waals surface area contributed by atoms with Crippen molar-refractivity contribution in [2.75, 3.05) is 5.32 Å². The molecule has 4 aromatic rings. The number of benzene rings is 2. The van der Waals surface area contributed by atoms with Crippen LogP contribution in [0, 0.1) is 25.5 Å². The number of carbonyl (C=O) groups is 1. The molecule has 0 aliphatic heterocycles. The normalized spacial score (nSPS) is 11.1. The first kappa shape index (κ1) is 19.4. The SMILES string of the molecule is Cc1cc(C)cc(-n2nnc3c(=O)n(CC(=O)Nc4ccc(F)cc4F)cnc32)c1. The highest BCUT2D eigenvalue weighted by Gasteiger charge is 2.16. The summed E-state index contributed by atoms with van der Waals surface area (Å²) in [5.41, 5.74) is 2.25. The van der Waals surface area contributed by atoms with E-state index >= 15 is 0 Å². The van der Waals surface area contributed by atoms with Crippen LogP contribution in [0.15, 0.2) is 47.5 Å². The van der Waals surface area contributed by atoms with E-state index < -0.39 is 29.6 Å². The van der Waals surface area contributed by atoms with Gasteiger partial charge in [0.1, 0.15) is 24.5 Å². The second-order valence-corrected chi connectivity index (χ2v) is 6.87. The minimum absolute atomic E-state index is 0.00239. The predicted octanol–water partition coefficient (Wildman–Crippen LogP) is 2.51. The summed E-state index contributed by atoms with van der Waals surface area (Å²) < 4.78 is 29.2. The van der Waals surface area contributed by atoms with E-state index in [0.717, 1.165) is 27.8 Å². The summed E-state index contributed by atoms with van der Waals surface area (Å²) >= 11 is 0. The molecule has 30 heavy (non-hydrogen) atoms. The van der Waals surface area contributed by atoms with Crippen molar-refractivity contribution in [1.29, 1.82) is 0 Å². The maximum atomic E-state index is 13.7. The predicted molar refractivity (Wildman–Crippen MR) is 105 cm³/mol. The summed E-state index contributed by atoms with van der Waals surface area (Å²) in [6, 6.07) is 8.55. The van der Waals surface area contributed by atoms with E-state index in [9.17, 15) is 18.4 Å². The van der Waals surface area contributed by atoms with Gasteiger partial charge in [0.25, 0.3) is 5.56 Å². The largest absolute Gasteiger partial charge is 0.322 e. The first-order chi connectivity index (χ1) is 14.3. The topological polar surface area (TPSA) is 94.7 Å². The maximum absolute atomic E-state index is 13.7. The summed E-state index contributed by atoms with van der Waals surface area (Å²) in [5, 5.41) is 10.2. The van der Waals surface area contributed by atoms with Crippen LogP contribution in [0.25, 0.3) is 16.9 Å². The molecule has 0 saturated heterocycles. The van der Waals surface area contributed by atoms with E-state index in [-0.39, 0.29) is 16.9 Å². The van der Waals surface area contributed by atoms with Gasteiger partial charge in [0, 0.05) is 6.07 Å². The molecular formula is C20H16F2N6O2. The molecule has 1 amide bonds. The Morgan fingerprint density at radius 2 is 1.83 bits per heavy atom. The highest BCUT2D eigenvalue weighted by Crippen LogP contribution is 2.16. The zero-order valence-electron chi connectivity index (χ0n) is 16.1. The van der Waals surface area contributed by atoms with Gasteiger partial charge in [0.05, 0.1) is 11.4 Å². The number of fused-ring (bicyclic) bond motifs is 1. The number of aromatic nitrogens is 5. The van der Waals surface area contributed by atoms with E-state index in [2.05, 4.69) is 20.6 Å². The monoisotopic (exact) mass is 410 g/mol. The van der Waals surface area contributed by atoms with E-state index in [4.69, 9.17) is 0 Å². The van der Waals surface area contributed by atoms with Gasteiger partial charge in [-0.05, 0) is 49.2 Å². The Balaban J connectivity index is 1.63. The van der Waals surface area contributed by atoms with Crippen LogP contribution >= 0.6 is 0 Å². The van der Waals surface area contributed by atoms with Gasteiger partial charge >= 0.3 is 0 Å². The molecule has 0 aliphatic carbocycles. The van der Waals surface area contributed by atoms with Crippen molar-refractivity contribution < 1.29 is 13.6 Å². The molecule has 10 heteroatoms. The summed E-state index contributed by atoms with van der Waals surface area (Å²) in [7, 11) is 0. The molecule has 0 saturated carbocycles. The molecule has 0 aliphatic rings. The van der Waals surface area contributed by atoms with Crippen molar-refractivity contribution >= 4 is 22.8 Å². The quantitative estimate of drug-likeness (QED) is 0.558. The lowest BCUT2D eigenvalue weighted by Gasteiger charge is -2.08. The first-order valence-corrected chi connectivity index (χ1v) is 8.96. The average Bonchev–Trinajstić information content (AvgIpc) is 3.10. The summed E-state index contributed by atoms with van der Waals surface area (Å²) in [4.78, 5) is 29.1. The van der Waals surface area contributed by atoms with Gasteiger partial charge in [-0.1, -0.05) is 11.3 Å². The third-order valence-electron chi connectivity index (χ3n) is 4.40. The summed E-state index contributed by atoms with van der Waals surface area (Å²) in [6.45, 7) is 3.46. The van der Waals surface area contributed by atoms with Crippen LogP contribution in [0.1, 0.15) is 11.1 Å². The van der Waals surface area contributed by atoms with E-state index in [0.29, 0.717) is 11.8 Å². The molecule has 0 radical (unpaired) electrons. The molecular weight excluding hydrogens is 394 g/mol. The van der Waals surface area contributed by atoms with Crippen molar-refractivity contribution in [2.45, 2.75) is 20.4 Å². The third kappa shape index (κ3) is 3.66. The number of halogens is 2. The zero-order valence-corrected chi connectivity index (χ0v) is 16.1. The molecule has 8 nitrogen and oxygen atoms in total. The minimum Gasteiger partial charge on any atom is -0.322 e. The molecule has 2 aromatic carbocycles. The minimum atomic E-state index is -0.916. The molecule has 1 N–H and O–H groups in total. The number of carbonyl (C=O) groups excluding carboxylic acids is 1. The van der Waals surface area contributed by atoms with Crippen LogP contribution in [0.3, 0.4) is 0 Å². The standard InChI is InChI=1S/C20H16F2N6O2/c1-11-5-12(2)7-14(6-11)28-19-18(25-26-28)20(30)27(10-23-19)9-17(29)24-16-4-3-13(21)8-15(16)22/h3-8,10H,9H2,1-2H3,(H,24,29). The lowest BCUT2D eigenvalue weighted by Crippen LogP contribution is -2.28. The van der Waals surface area contributed by atoms with Gasteiger partial charge in [-0.15, -0.1) is 5.10 Å². The number of anilines is 1. The molecule has 0 bridgehead atoms. The summed E-state index contributed by atoms with van der Waals surface area (Å²) in [6.07, 6.45) is 1.20. The second-order valence-electron chi connectivity index (χ2n) is 6.87. The fourth-order valence-electron chi connectivity index (χ4n) is 3.14. The van der Waals surface area contributed by atoms with Crippen LogP contribution < -0.4 is 10.9 Å². The van der Waals surface area contributed by atoms with Gasteiger partial charge in [0.15, 0.2) is 11.2 Å². The van der Waals surface area contributed by atoms with Gasteiger partial charge in [-0.2, -0.15) is 4.68 Å². The van der Waals surface area contributed by atoms with Gasteiger partial charge in [0.2, 0.25) is 5.91 Å². The van der Waals surface area contributed by atoms with Gasteiger partial charge in [-0.25, -0.2) is 13.8 Å². The highest BCUT2D eigenvalue weighted by molar-refractivity contribution is 5.90. The van der Waals surface area contributed by atoms with Crippen LogP contribution in [0.5, 0.6) is 0 Å². The molecule has 0 spiro atoms. The number of nitrogens with zero attached hydrogens (tertiary/aromatic N) is 5. The molecule has 4 rings (SSSR count). The number of hydrogen-bond donors (Lipinski definition) is 1. The zero-order chi connectivity index (χ0) is 21.4. The maximum Gasteiger partial charge on any atom is 0.284 e. The van der Waals surface area contributed by atoms with Crippen LogP contribution in [0.2, 0.25) is 0 Å². The summed E-state index contributed by atoms with van der Waals surface area (Å²) in [5.74, 6) is -2.35. The fraction of sp³-hybridized carbons (Fsp3) is 0.150. The first-order valence-electron chi connectivity index (χ1n) is 8.96. The van der Waals surface area contributed by atoms with Gasteiger partial charge < -0.3 is 5.32 Å². The number of rotatable bonds is 4. The van der Waals surface area contributed by atoms with Crippen LogP contribution in [-0.2, 0) is 11.3 Å². The van der Waals surface area contributed by atoms with Crippen molar-refractivity contribution in [2.24, 2.45) is 0 Å². The van der Waals surface area contributed by atoms with Crippen LogP contribution in [-0.4, -0.2) is 30.5 Å². The fourth-order valence-corrected chi connectivity index (χ4v) is 3.14. The molecule has 2 heterocycles. The third-order valence-corrected chi connectivity index (χ3v) is 4.40. The Hall–Kier alpha value is -3.95. The molecule has 152 valence electrons. The van der Waals surface area contributed by atoms with Crippen molar-refractivity contribution in [1.82, 2.24) is 24.5 Å². The molecule has 0 unspecified atom stereocenters. The second kappa shape index (κ2) is 7.47. The number of amides is 1. The Morgan fingerprint density at radius 1 is 1.10 bits per heavy atom. The number of hydrogen-bond acceptors (Lipinski definition) is 5. The lowest BCUT2D eigenvalue weighted by molar-refractivity contribution is -0.116. The Bertz CT molecular complexity index is 1320. The van der Waals surface area contributed by atoms with E-state index in [1.807, 2.05) is 32.0 Å². The smallest absolute Gasteiger partial charge is 0.284 e. The Labute approximate surface area is 168 Å². The van der Waals surface area contributed by atoms with Crippen LogP contribution in [0.4, 0.5) is 14.5 Å². The van der Waals surface area contributed by atoms with E-state index in [1.165, 1.54) is 11.0 Å².